The van der Waals surface area contributed by atoms with E-state index in [2.05, 4.69) is 0 Å². The number of rotatable bonds is 0. The lowest BCUT2D eigenvalue weighted by Gasteiger charge is -2.13. The Hall–Kier alpha value is -0.740. The van der Waals surface area contributed by atoms with Crippen LogP contribution in [-0.4, -0.2) is 0 Å². The number of hydrogen-bond donors (Lipinski definition) is 0. The largest absolute Gasteiger partial charge is 1.00 e. The molecule has 1 atom stereocenters. The molecular weight excluding hydrogens is 293 g/mol. The summed E-state index contributed by atoms with van der Waals surface area (Å²) in [6.07, 6.45) is 0. The molecule has 0 nitrogen and oxygen atoms in total. The van der Waals surface area contributed by atoms with Gasteiger partial charge < -0.3 is 12.4 Å². The predicted molar refractivity (Wildman–Crippen MR) is 71.2 cm³/mol. The molecule has 1 heterocycles. The third-order valence-corrected chi connectivity index (χ3v) is 5.31. The van der Waals surface area contributed by atoms with Crippen molar-refractivity contribution in [3.05, 3.63) is 34.7 Å². The molecule has 2 rings (SSSR count). The molecule has 1 aromatic heterocycles. The molecule has 2 aromatic rings. The summed E-state index contributed by atoms with van der Waals surface area (Å²) in [5.41, 5.74) is -3.67. The van der Waals surface area contributed by atoms with Crippen molar-refractivity contribution >= 4 is 20.6 Å². The van der Waals surface area contributed by atoms with Gasteiger partial charge in [-0.05, 0) is 19.1 Å². The number of benzene rings is 1. The quantitative estimate of drug-likeness (QED) is 0.657. The molecule has 1 aromatic carbocycles. The van der Waals surface area contributed by atoms with E-state index in [1.165, 1.54) is 0 Å². The second-order valence-electron chi connectivity index (χ2n) is 5.55. The van der Waals surface area contributed by atoms with Gasteiger partial charge in [0.25, 0.3) is 0 Å². The van der Waals surface area contributed by atoms with Crippen LogP contribution in [0.25, 0.3) is 10.1 Å². The molecule has 5 heteroatoms. The van der Waals surface area contributed by atoms with Gasteiger partial charge >= 0.3 is 5.51 Å². The topological polar surface area (TPSA) is 0 Å². The molecule has 0 aliphatic heterocycles. The first kappa shape index (κ1) is 16.3. The summed E-state index contributed by atoms with van der Waals surface area (Å²) < 4.78 is 40.3. The first-order chi connectivity index (χ1) is 8.10. The van der Waals surface area contributed by atoms with Gasteiger partial charge in [-0.3, -0.25) is 0 Å². The Morgan fingerprint density at radius 1 is 1.00 bits per heavy atom. The van der Waals surface area contributed by atoms with Crippen LogP contribution < -0.4 is 12.4 Å². The normalized spacial score (nSPS) is 13.5. The molecular formula is C14H16ClF3S. The molecule has 0 spiro atoms. The predicted octanol–water partition coefficient (Wildman–Crippen LogP) is 2.68. The van der Waals surface area contributed by atoms with Crippen LogP contribution in [0.5, 0.6) is 0 Å². The summed E-state index contributed by atoms with van der Waals surface area (Å²) in [5.74, 6) is 0. The molecule has 0 aliphatic rings. The fraction of sp³-hybridized carbons (Fsp3) is 0.429. The van der Waals surface area contributed by atoms with Gasteiger partial charge in [-0.25, -0.2) is 0 Å². The Morgan fingerprint density at radius 3 is 2.05 bits per heavy atom. The van der Waals surface area contributed by atoms with E-state index in [4.69, 9.17) is 0 Å². The molecule has 0 saturated carbocycles. The number of halogens is 4. The van der Waals surface area contributed by atoms with Crippen LogP contribution in [0.2, 0.25) is 0 Å². The van der Waals surface area contributed by atoms with Crippen LogP contribution in [-0.2, 0) is 10.9 Å². The van der Waals surface area contributed by atoms with Crippen molar-refractivity contribution in [2.45, 2.75) is 38.6 Å². The lowest BCUT2D eigenvalue weighted by molar-refractivity contribution is -0.0869. The van der Waals surface area contributed by atoms with E-state index in [0.29, 0.717) is 9.58 Å². The molecule has 0 saturated heterocycles. The molecule has 0 bridgehead atoms. The highest BCUT2D eigenvalue weighted by Gasteiger charge is 2.50. The van der Waals surface area contributed by atoms with E-state index in [-0.39, 0.29) is 12.4 Å². The van der Waals surface area contributed by atoms with Crippen LogP contribution in [0.1, 0.15) is 31.2 Å². The zero-order chi connectivity index (χ0) is 13.7. The van der Waals surface area contributed by atoms with Gasteiger partial charge in [0.05, 0.1) is 10.5 Å². The molecule has 0 fully saturated rings. The van der Waals surface area contributed by atoms with Crippen LogP contribution in [0.4, 0.5) is 13.2 Å². The number of alkyl halides is 3. The summed E-state index contributed by atoms with van der Waals surface area (Å²) >= 11 is 0. The van der Waals surface area contributed by atoms with E-state index in [9.17, 15) is 13.2 Å². The highest BCUT2D eigenvalue weighted by molar-refractivity contribution is 7.38. The maximum Gasteiger partial charge on any atom is 0.600 e. The molecule has 106 valence electrons. The van der Waals surface area contributed by atoms with Crippen molar-refractivity contribution in [2.75, 3.05) is 0 Å². The second kappa shape index (κ2) is 4.98. The first-order valence-electron chi connectivity index (χ1n) is 5.74. The van der Waals surface area contributed by atoms with E-state index in [0.717, 1.165) is 10.9 Å². The lowest BCUT2D eigenvalue weighted by atomic mass is 9.94. The number of fused-ring (bicyclic) bond motifs is 1. The number of hydrogen-bond acceptors (Lipinski definition) is 0. The minimum Gasteiger partial charge on any atom is -1.00 e. The van der Waals surface area contributed by atoms with E-state index >= 15 is 0 Å². The fourth-order valence-electron chi connectivity index (χ4n) is 2.06. The molecule has 0 radical (unpaired) electrons. The third-order valence-electron chi connectivity index (χ3n) is 2.86. The third kappa shape index (κ3) is 3.06. The van der Waals surface area contributed by atoms with Gasteiger partial charge in [0.2, 0.25) is 0 Å². The smallest absolute Gasteiger partial charge is 0.600 e. The summed E-state index contributed by atoms with van der Waals surface area (Å²) in [6.45, 7) is 7.41. The first-order valence-corrected chi connectivity index (χ1v) is 6.97. The molecule has 1 unspecified atom stereocenters. The fourth-order valence-corrected chi connectivity index (χ4v) is 4.21. The molecule has 0 aliphatic carbocycles. The Kier molecular flexibility index (Phi) is 4.28. The molecule has 19 heavy (non-hydrogen) atoms. The maximum absolute atomic E-state index is 13.3. The van der Waals surface area contributed by atoms with Crippen LogP contribution in [0.15, 0.2) is 24.3 Å². The van der Waals surface area contributed by atoms with Gasteiger partial charge in [-0.15, -0.1) is 13.2 Å². The van der Waals surface area contributed by atoms with Crippen molar-refractivity contribution in [1.82, 2.24) is 0 Å². The summed E-state index contributed by atoms with van der Waals surface area (Å²) in [7, 11) is -1.77. The van der Waals surface area contributed by atoms with E-state index in [1.54, 1.807) is 18.2 Å². The summed E-state index contributed by atoms with van der Waals surface area (Å²) in [5, 5.41) is 0.723. The lowest BCUT2D eigenvalue weighted by Crippen LogP contribution is -3.00. The second-order valence-corrected chi connectivity index (χ2v) is 7.51. The van der Waals surface area contributed by atoms with Crippen molar-refractivity contribution < 1.29 is 25.6 Å². The van der Waals surface area contributed by atoms with Crippen molar-refractivity contribution in [2.24, 2.45) is 0 Å². The van der Waals surface area contributed by atoms with Crippen LogP contribution >= 0.6 is 10.5 Å². The average molecular weight is 309 g/mol. The maximum atomic E-state index is 13.3. The van der Waals surface area contributed by atoms with Crippen molar-refractivity contribution in [3.8, 4) is 0 Å². The zero-order valence-corrected chi connectivity index (χ0v) is 12.8. The van der Waals surface area contributed by atoms with Gasteiger partial charge in [0, 0.05) is 16.9 Å². The SMILES string of the molecule is Cc1ccc2c(c1)cc(C(C)(C)C)[s+]2C(F)(F)F.[Cl-]. The Bertz CT molecular complexity index is 591. The molecule has 0 N–H and O–H groups in total. The standard InChI is InChI=1S/C14H16F3S.ClH/c1-9-5-6-11-10(7-9)8-12(13(2,3)4)18(11)14(15,16)17;/h5-8H,1-4H3;1H/q+1;/p-1. The van der Waals surface area contributed by atoms with E-state index < -0.39 is 21.4 Å². The van der Waals surface area contributed by atoms with Crippen molar-refractivity contribution in [1.29, 1.82) is 0 Å². The van der Waals surface area contributed by atoms with Crippen molar-refractivity contribution in [3.63, 3.8) is 0 Å². The highest BCUT2D eigenvalue weighted by Crippen LogP contribution is 2.54. The summed E-state index contributed by atoms with van der Waals surface area (Å²) in [4.78, 5) is 0.482. The Labute approximate surface area is 120 Å². The number of thiophene rings is 1. The van der Waals surface area contributed by atoms with Crippen LogP contribution in [0.3, 0.4) is 0 Å². The van der Waals surface area contributed by atoms with Gasteiger partial charge in [0.1, 0.15) is 0 Å². The van der Waals surface area contributed by atoms with E-state index in [1.807, 2.05) is 33.8 Å². The summed E-state index contributed by atoms with van der Waals surface area (Å²) in [6, 6.07) is 6.93. The highest BCUT2D eigenvalue weighted by atomic mass is 35.5. The zero-order valence-electron chi connectivity index (χ0n) is 11.2. The number of aryl methyl sites for hydroxylation is 1. The van der Waals surface area contributed by atoms with Crippen LogP contribution in [0, 0.1) is 6.92 Å². The van der Waals surface area contributed by atoms with Gasteiger partial charge in [-0.1, -0.05) is 32.4 Å². The molecule has 0 amide bonds. The minimum atomic E-state index is -4.19. The van der Waals surface area contributed by atoms with Gasteiger partial charge in [0.15, 0.2) is 9.58 Å². The monoisotopic (exact) mass is 308 g/mol. The Balaban J connectivity index is 0.00000180. The Morgan fingerprint density at radius 2 is 1.58 bits per heavy atom. The van der Waals surface area contributed by atoms with Gasteiger partial charge in [-0.2, -0.15) is 0 Å². The average Bonchev–Trinajstić information content (AvgIpc) is 2.54. The minimum absolute atomic E-state index is 0.